The van der Waals surface area contributed by atoms with Crippen molar-refractivity contribution in [2.75, 3.05) is 23.9 Å². The quantitative estimate of drug-likeness (QED) is 0.809. The van der Waals surface area contributed by atoms with Gasteiger partial charge in [0.2, 0.25) is 0 Å². The number of anilines is 1. The lowest BCUT2D eigenvalue weighted by molar-refractivity contribution is 0.570. The lowest BCUT2D eigenvalue weighted by atomic mass is 10.0. The van der Waals surface area contributed by atoms with E-state index in [2.05, 4.69) is 30.0 Å². The molecule has 6 heteroatoms. The maximum atomic E-state index is 12.2. The van der Waals surface area contributed by atoms with Gasteiger partial charge in [-0.25, -0.2) is 0 Å². The average molecular weight is 311 g/mol. The number of hydrogen-bond acceptors (Lipinski definition) is 3. The smallest absolute Gasteiger partial charge is 0.301 e. The Labute approximate surface area is 127 Å². The lowest BCUT2D eigenvalue weighted by Gasteiger charge is -2.20. The van der Waals surface area contributed by atoms with Crippen molar-refractivity contribution in [2.45, 2.75) is 39.7 Å². The number of nitrogens with zero attached hydrogens (tertiary/aromatic N) is 1. The molecule has 5 nitrogen and oxygen atoms in total. The van der Waals surface area contributed by atoms with E-state index in [-0.39, 0.29) is 6.04 Å². The molecule has 0 aromatic heterocycles. The Hall–Kier alpha value is -1.11. The third kappa shape index (κ3) is 3.56. The molecule has 0 bridgehead atoms. The molecule has 1 heterocycles. The van der Waals surface area contributed by atoms with Gasteiger partial charge in [-0.2, -0.15) is 13.1 Å². The summed E-state index contributed by atoms with van der Waals surface area (Å²) in [5.74, 6) is 0. The van der Waals surface area contributed by atoms with Crippen LogP contribution in [0.2, 0.25) is 0 Å². The molecule has 118 valence electrons. The summed E-state index contributed by atoms with van der Waals surface area (Å²) in [5.41, 5.74) is 3.13. The molecule has 1 aromatic rings. The first-order valence-electron chi connectivity index (χ1n) is 7.63. The molecule has 0 saturated heterocycles. The van der Waals surface area contributed by atoms with Crippen LogP contribution >= 0.6 is 0 Å². The average Bonchev–Trinajstić information content (AvgIpc) is 2.88. The van der Waals surface area contributed by atoms with Crippen molar-refractivity contribution < 1.29 is 8.42 Å². The van der Waals surface area contributed by atoms with E-state index in [9.17, 15) is 8.42 Å². The normalized spacial score (nSPS) is 16.0. The molecule has 1 atom stereocenters. The Morgan fingerprint density at radius 3 is 2.76 bits per heavy atom. The highest BCUT2D eigenvalue weighted by Crippen LogP contribution is 2.32. The predicted molar refractivity (Wildman–Crippen MR) is 86.8 cm³/mol. The van der Waals surface area contributed by atoms with Crippen LogP contribution in [0.3, 0.4) is 0 Å². The van der Waals surface area contributed by atoms with Gasteiger partial charge in [0.25, 0.3) is 0 Å². The van der Waals surface area contributed by atoms with Crippen LogP contribution < -0.4 is 14.3 Å². The molecule has 0 fully saturated rings. The highest BCUT2D eigenvalue weighted by molar-refractivity contribution is 7.90. The van der Waals surface area contributed by atoms with Crippen LogP contribution in [0, 0.1) is 0 Å². The van der Waals surface area contributed by atoms with Crippen molar-refractivity contribution in [1.82, 2.24) is 10.0 Å². The minimum Gasteiger partial charge on any atom is -0.310 e. The number of nitrogens with one attached hydrogen (secondary N) is 2. The Kier molecular flexibility index (Phi) is 5.24. The van der Waals surface area contributed by atoms with Crippen molar-refractivity contribution in [1.29, 1.82) is 0 Å². The molecule has 2 rings (SSSR count). The second kappa shape index (κ2) is 6.77. The Balaban J connectivity index is 2.20. The molecule has 0 aliphatic carbocycles. The first-order valence-corrected chi connectivity index (χ1v) is 9.07. The van der Waals surface area contributed by atoms with E-state index in [0.717, 1.165) is 30.6 Å². The maximum absolute atomic E-state index is 12.2. The van der Waals surface area contributed by atoms with Gasteiger partial charge in [0, 0.05) is 19.1 Å². The van der Waals surface area contributed by atoms with Gasteiger partial charge < -0.3 is 5.32 Å². The Bertz CT molecular complexity index is 587. The van der Waals surface area contributed by atoms with Gasteiger partial charge in [-0.15, -0.1) is 0 Å². The fourth-order valence-electron chi connectivity index (χ4n) is 2.65. The summed E-state index contributed by atoms with van der Waals surface area (Å²) in [6.07, 6.45) is 1.87. The molecule has 0 amide bonds. The van der Waals surface area contributed by atoms with Crippen molar-refractivity contribution >= 4 is 15.9 Å². The standard InChI is InChI=1S/C15H25N3O2S/c1-4-9-16-12(3)13-6-7-15-14(11-13)8-10-18(15)21(19,20)17-5-2/h6-7,11-12,16-17H,4-5,8-10H2,1-3H3. The lowest BCUT2D eigenvalue weighted by Crippen LogP contribution is -2.39. The first-order chi connectivity index (χ1) is 9.99. The van der Waals surface area contributed by atoms with Crippen LogP contribution in [-0.4, -0.2) is 28.1 Å². The third-order valence-electron chi connectivity index (χ3n) is 3.77. The summed E-state index contributed by atoms with van der Waals surface area (Å²) in [6, 6.07) is 6.36. The summed E-state index contributed by atoms with van der Waals surface area (Å²) < 4.78 is 28.3. The molecule has 2 N–H and O–H groups in total. The molecule has 21 heavy (non-hydrogen) atoms. The van der Waals surface area contributed by atoms with Gasteiger partial charge in [0.15, 0.2) is 0 Å². The Morgan fingerprint density at radius 2 is 2.10 bits per heavy atom. The van der Waals surface area contributed by atoms with Gasteiger partial charge >= 0.3 is 10.2 Å². The zero-order valence-corrected chi connectivity index (χ0v) is 13.8. The van der Waals surface area contributed by atoms with Crippen LogP contribution in [-0.2, 0) is 16.6 Å². The van der Waals surface area contributed by atoms with Crippen LogP contribution in [0.5, 0.6) is 0 Å². The molecule has 0 radical (unpaired) electrons. The number of rotatable bonds is 7. The van der Waals surface area contributed by atoms with Crippen LogP contribution in [0.4, 0.5) is 5.69 Å². The molecule has 1 aliphatic rings. The minimum atomic E-state index is -3.40. The topological polar surface area (TPSA) is 61.4 Å². The van der Waals surface area contributed by atoms with Crippen molar-refractivity contribution in [3.05, 3.63) is 29.3 Å². The molecule has 1 unspecified atom stereocenters. The van der Waals surface area contributed by atoms with Gasteiger partial charge in [0.1, 0.15) is 0 Å². The van der Waals surface area contributed by atoms with E-state index in [1.54, 1.807) is 6.92 Å². The number of benzene rings is 1. The zero-order valence-electron chi connectivity index (χ0n) is 13.0. The SMILES string of the molecule is CCCNC(C)c1ccc2c(c1)CCN2S(=O)(=O)NCC. The van der Waals surface area contributed by atoms with Gasteiger partial charge in [-0.3, -0.25) is 4.31 Å². The molecule has 1 aromatic carbocycles. The Morgan fingerprint density at radius 1 is 1.33 bits per heavy atom. The fourth-order valence-corrected chi connectivity index (χ4v) is 3.94. The molecule has 0 saturated carbocycles. The van der Waals surface area contributed by atoms with E-state index in [0.29, 0.717) is 13.1 Å². The van der Waals surface area contributed by atoms with Crippen molar-refractivity contribution in [3.8, 4) is 0 Å². The van der Waals surface area contributed by atoms with Crippen molar-refractivity contribution in [2.24, 2.45) is 0 Å². The molecule has 0 spiro atoms. The van der Waals surface area contributed by atoms with E-state index >= 15 is 0 Å². The number of fused-ring (bicyclic) bond motifs is 1. The summed E-state index contributed by atoms with van der Waals surface area (Å²) in [5, 5.41) is 3.46. The van der Waals surface area contributed by atoms with E-state index < -0.39 is 10.2 Å². The number of hydrogen-bond donors (Lipinski definition) is 2. The largest absolute Gasteiger partial charge is 0.310 e. The third-order valence-corrected chi connectivity index (χ3v) is 5.39. The molecular weight excluding hydrogens is 286 g/mol. The highest BCUT2D eigenvalue weighted by atomic mass is 32.2. The first kappa shape index (κ1) is 16.3. The minimum absolute atomic E-state index is 0.287. The highest BCUT2D eigenvalue weighted by Gasteiger charge is 2.29. The van der Waals surface area contributed by atoms with Crippen LogP contribution in [0.25, 0.3) is 0 Å². The van der Waals surface area contributed by atoms with E-state index in [1.807, 2.05) is 12.1 Å². The summed E-state index contributed by atoms with van der Waals surface area (Å²) in [7, 11) is -3.40. The molecular formula is C15H25N3O2S. The zero-order chi connectivity index (χ0) is 15.5. The monoisotopic (exact) mass is 311 g/mol. The van der Waals surface area contributed by atoms with Crippen LogP contribution in [0.1, 0.15) is 44.4 Å². The maximum Gasteiger partial charge on any atom is 0.301 e. The fraction of sp³-hybridized carbons (Fsp3) is 0.600. The van der Waals surface area contributed by atoms with Crippen molar-refractivity contribution in [3.63, 3.8) is 0 Å². The summed E-state index contributed by atoms with van der Waals surface area (Å²) in [6.45, 7) is 7.98. The van der Waals surface area contributed by atoms with Gasteiger partial charge in [0.05, 0.1) is 5.69 Å². The predicted octanol–water partition coefficient (Wildman–Crippen LogP) is 1.96. The van der Waals surface area contributed by atoms with E-state index in [1.165, 1.54) is 9.87 Å². The van der Waals surface area contributed by atoms with E-state index in [4.69, 9.17) is 0 Å². The summed E-state index contributed by atoms with van der Waals surface area (Å²) >= 11 is 0. The van der Waals surface area contributed by atoms with Gasteiger partial charge in [-0.1, -0.05) is 26.0 Å². The molecule has 1 aliphatic heterocycles. The second-order valence-electron chi connectivity index (χ2n) is 5.39. The second-order valence-corrected chi connectivity index (χ2v) is 7.07. The van der Waals surface area contributed by atoms with Crippen LogP contribution in [0.15, 0.2) is 18.2 Å². The van der Waals surface area contributed by atoms with Gasteiger partial charge in [-0.05, 0) is 43.5 Å². The summed E-state index contributed by atoms with van der Waals surface area (Å²) in [4.78, 5) is 0.